The number of aliphatic carboxylic acids is 1. The molecule has 1 fully saturated rings. The Morgan fingerprint density at radius 2 is 2.31 bits per heavy atom. The van der Waals surface area contributed by atoms with Gasteiger partial charge in [0.1, 0.15) is 5.67 Å². The second kappa shape index (κ2) is 3.54. The molecule has 1 N–H and O–H groups in total. The second-order valence-electron chi connectivity index (χ2n) is 4.70. The number of nitrogens with zero attached hydrogens (tertiary/aromatic N) is 3. The van der Waals surface area contributed by atoms with E-state index in [1.807, 2.05) is 0 Å². The first-order valence-electron chi connectivity index (χ1n) is 5.23. The first-order chi connectivity index (χ1) is 7.39. The average molecular weight is 227 g/mol. The summed E-state index contributed by atoms with van der Waals surface area (Å²) in [6, 6.07) is -1.33. The molecule has 1 heterocycles. The molecule has 0 radical (unpaired) electrons. The Balaban J connectivity index is 2.27. The molecule has 2 rings (SSSR count). The van der Waals surface area contributed by atoms with Crippen molar-refractivity contribution in [3.05, 3.63) is 11.9 Å². The molecule has 1 aromatic heterocycles. The molecule has 16 heavy (non-hydrogen) atoms. The van der Waals surface area contributed by atoms with E-state index in [0.717, 1.165) is 23.2 Å². The summed E-state index contributed by atoms with van der Waals surface area (Å²) in [6.45, 7) is 2.45. The molecule has 0 aliphatic heterocycles. The Labute approximate surface area is 92.3 Å². The summed E-state index contributed by atoms with van der Waals surface area (Å²) in [5.74, 6) is -0.856. The smallest absolute Gasteiger partial charge is 0.331 e. The van der Waals surface area contributed by atoms with Gasteiger partial charge in [0.25, 0.3) is 0 Å². The Morgan fingerprint density at radius 3 is 2.75 bits per heavy atom. The summed E-state index contributed by atoms with van der Waals surface area (Å²) < 4.78 is 14.9. The highest BCUT2D eigenvalue weighted by Gasteiger charge is 2.39. The Hall–Kier alpha value is -1.46. The summed E-state index contributed by atoms with van der Waals surface area (Å²) in [4.78, 5) is 11.0. The van der Waals surface area contributed by atoms with E-state index in [4.69, 9.17) is 5.11 Å². The standard InChI is InChI=1S/C10H14FN3O2/c1-10(2,11)8(9(15)16)14-5-7(12-13-14)6-3-4-6/h5-6,8H,3-4H2,1-2H3,(H,15,16). The number of hydrogen-bond acceptors (Lipinski definition) is 3. The maximum Gasteiger partial charge on any atom is 0.331 e. The number of carboxylic acid groups (broad SMARTS) is 1. The van der Waals surface area contributed by atoms with E-state index in [1.165, 1.54) is 20.0 Å². The van der Waals surface area contributed by atoms with Crippen molar-refractivity contribution in [1.29, 1.82) is 0 Å². The lowest BCUT2D eigenvalue weighted by atomic mass is 10.0. The first kappa shape index (κ1) is 11.0. The highest BCUT2D eigenvalue weighted by Crippen LogP contribution is 2.39. The van der Waals surface area contributed by atoms with E-state index >= 15 is 0 Å². The molecule has 0 amide bonds. The van der Waals surface area contributed by atoms with Gasteiger partial charge in [0, 0.05) is 12.1 Å². The zero-order valence-corrected chi connectivity index (χ0v) is 9.22. The van der Waals surface area contributed by atoms with Crippen molar-refractivity contribution in [2.45, 2.75) is 44.3 Å². The molecular formula is C10H14FN3O2. The van der Waals surface area contributed by atoms with Crippen LogP contribution >= 0.6 is 0 Å². The fraction of sp³-hybridized carbons (Fsp3) is 0.700. The van der Waals surface area contributed by atoms with Gasteiger partial charge in [-0.05, 0) is 26.7 Å². The molecule has 1 aliphatic carbocycles. The highest BCUT2D eigenvalue weighted by atomic mass is 19.1. The molecule has 6 heteroatoms. The first-order valence-corrected chi connectivity index (χ1v) is 5.23. The zero-order chi connectivity index (χ0) is 11.9. The van der Waals surface area contributed by atoms with Crippen LogP contribution in [0.25, 0.3) is 0 Å². The molecule has 1 unspecified atom stereocenters. The lowest BCUT2D eigenvalue weighted by molar-refractivity contribution is -0.145. The minimum Gasteiger partial charge on any atom is -0.480 e. The van der Waals surface area contributed by atoms with Crippen molar-refractivity contribution in [3.63, 3.8) is 0 Å². The molecule has 5 nitrogen and oxygen atoms in total. The molecule has 1 aromatic rings. The number of halogens is 1. The molecule has 1 atom stereocenters. The predicted molar refractivity (Wildman–Crippen MR) is 53.9 cm³/mol. The van der Waals surface area contributed by atoms with E-state index in [0.29, 0.717) is 5.92 Å². The van der Waals surface area contributed by atoms with E-state index in [9.17, 15) is 9.18 Å². The van der Waals surface area contributed by atoms with Gasteiger partial charge in [0.15, 0.2) is 6.04 Å². The van der Waals surface area contributed by atoms with Gasteiger partial charge in [0.05, 0.1) is 5.69 Å². The van der Waals surface area contributed by atoms with Crippen molar-refractivity contribution < 1.29 is 14.3 Å². The second-order valence-corrected chi connectivity index (χ2v) is 4.70. The van der Waals surface area contributed by atoms with Gasteiger partial charge in [-0.2, -0.15) is 0 Å². The largest absolute Gasteiger partial charge is 0.480 e. The van der Waals surface area contributed by atoms with Gasteiger partial charge in [-0.3, -0.25) is 0 Å². The van der Waals surface area contributed by atoms with Crippen LogP contribution < -0.4 is 0 Å². The summed E-state index contributed by atoms with van der Waals surface area (Å²) in [7, 11) is 0. The summed E-state index contributed by atoms with van der Waals surface area (Å²) in [5.41, 5.74) is -1.11. The van der Waals surface area contributed by atoms with Gasteiger partial charge in [-0.15, -0.1) is 5.10 Å². The summed E-state index contributed by atoms with van der Waals surface area (Å²) in [6.07, 6.45) is 3.64. The van der Waals surface area contributed by atoms with Crippen LogP contribution in [0.3, 0.4) is 0 Å². The average Bonchev–Trinajstić information content (AvgIpc) is 2.85. The van der Waals surface area contributed by atoms with Gasteiger partial charge in [-0.25, -0.2) is 13.9 Å². The highest BCUT2D eigenvalue weighted by molar-refractivity contribution is 5.73. The maximum absolute atomic E-state index is 13.7. The van der Waals surface area contributed by atoms with E-state index in [-0.39, 0.29) is 0 Å². The van der Waals surface area contributed by atoms with Crippen LogP contribution in [0.15, 0.2) is 6.20 Å². The number of rotatable bonds is 4. The molecule has 0 bridgehead atoms. The van der Waals surface area contributed by atoms with Gasteiger partial charge in [0.2, 0.25) is 0 Å². The Morgan fingerprint density at radius 1 is 1.69 bits per heavy atom. The van der Waals surface area contributed by atoms with Crippen LogP contribution in [0.2, 0.25) is 0 Å². The van der Waals surface area contributed by atoms with Crippen molar-refractivity contribution in [2.24, 2.45) is 0 Å². The Kier molecular flexibility index (Phi) is 2.44. The fourth-order valence-electron chi connectivity index (χ4n) is 1.70. The third kappa shape index (κ3) is 2.05. The normalized spacial score (nSPS) is 18.4. The number of hydrogen-bond donors (Lipinski definition) is 1. The fourth-order valence-corrected chi connectivity index (χ4v) is 1.70. The number of carboxylic acids is 1. The van der Waals surface area contributed by atoms with Gasteiger partial charge < -0.3 is 5.11 Å². The minimum absolute atomic E-state index is 0.380. The minimum atomic E-state index is -1.87. The van der Waals surface area contributed by atoms with Crippen LogP contribution in [-0.4, -0.2) is 31.7 Å². The molecular weight excluding hydrogens is 213 g/mol. The van der Waals surface area contributed by atoms with Crippen molar-refractivity contribution in [2.75, 3.05) is 0 Å². The number of carbonyl (C=O) groups is 1. The topological polar surface area (TPSA) is 68.0 Å². The van der Waals surface area contributed by atoms with Crippen LogP contribution in [0, 0.1) is 0 Å². The molecule has 88 valence electrons. The summed E-state index contributed by atoms with van der Waals surface area (Å²) >= 11 is 0. The zero-order valence-electron chi connectivity index (χ0n) is 9.22. The van der Waals surface area contributed by atoms with E-state index < -0.39 is 17.7 Å². The quantitative estimate of drug-likeness (QED) is 0.846. The van der Waals surface area contributed by atoms with E-state index in [2.05, 4.69) is 10.3 Å². The lowest BCUT2D eigenvalue weighted by Crippen LogP contribution is -2.35. The third-order valence-electron chi connectivity index (χ3n) is 2.67. The third-order valence-corrected chi connectivity index (χ3v) is 2.67. The van der Waals surface area contributed by atoms with Gasteiger partial charge in [-0.1, -0.05) is 5.21 Å². The van der Waals surface area contributed by atoms with Crippen LogP contribution in [0.1, 0.15) is 44.3 Å². The van der Waals surface area contributed by atoms with Gasteiger partial charge >= 0.3 is 5.97 Å². The van der Waals surface area contributed by atoms with Crippen molar-refractivity contribution >= 4 is 5.97 Å². The molecule has 1 aliphatic rings. The lowest BCUT2D eigenvalue weighted by Gasteiger charge is -2.22. The van der Waals surface area contributed by atoms with Crippen molar-refractivity contribution in [1.82, 2.24) is 15.0 Å². The molecule has 0 aromatic carbocycles. The monoisotopic (exact) mass is 227 g/mol. The molecule has 0 spiro atoms. The summed E-state index contributed by atoms with van der Waals surface area (Å²) in [5, 5.41) is 16.6. The number of aromatic nitrogens is 3. The van der Waals surface area contributed by atoms with Crippen LogP contribution in [-0.2, 0) is 4.79 Å². The maximum atomic E-state index is 13.7. The Bertz CT molecular complexity index is 406. The van der Waals surface area contributed by atoms with Crippen LogP contribution in [0.5, 0.6) is 0 Å². The van der Waals surface area contributed by atoms with Crippen molar-refractivity contribution in [3.8, 4) is 0 Å². The molecule has 1 saturated carbocycles. The SMILES string of the molecule is CC(C)(F)C(C(=O)O)n1cc(C2CC2)nn1. The number of alkyl halides is 1. The molecule has 0 saturated heterocycles. The van der Waals surface area contributed by atoms with E-state index in [1.54, 1.807) is 0 Å². The van der Waals surface area contributed by atoms with Crippen LogP contribution in [0.4, 0.5) is 4.39 Å². The predicted octanol–water partition coefficient (Wildman–Crippen LogP) is 1.53.